The minimum absolute atomic E-state index is 0.201. The Labute approximate surface area is 81.9 Å². The molecule has 2 nitrogen and oxygen atoms in total. The molecular weight excluding hydrogens is 195 g/mol. The molecule has 0 radical (unpaired) electrons. The lowest BCUT2D eigenvalue weighted by Crippen LogP contribution is -1.97. The maximum absolute atomic E-state index is 5.84. The highest BCUT2D eigenvalue weighted by molar-refractivity contribution is 6.32. The van der Waals surface area contributed by atoms with Gasteiger partial charge >= 0.3 is 0 Å². The van der Waals surface area contributed by atoms with Crippen molar-refractivity contribution in [1.82, 2.24) is 9.97 Å². The van der Waals surface area contributed by atoms with E-state index in [1.54, 1.807) is 6.20 Å². The molecule has 0 unspecified atom stereocenters. The molecular formula is C8H10Cl2N2. The summed E-state index contributed by atoms with van der Waals surface area (Å²) in [6.45, 7) is 4.23. The molecule has 0 saturated carbocycles. The molecule has 66 valence electrons. The van der Waals surface area contributed by atoms with Crippen LogP contribution in [0.5, 0.6) is 0 Å². The van der Waals surface area contributed by atoms with Gasteiger partial charge in [0.25, 0.3) is 0 Å². The van der Waals surface area contributed by atoms with Crippen molar-refractivity contribution in [2.75, 3.05) is 0 Å². The average molecular weight is 205 g/mol. The molecule has 0 bridgehead atoms. The molecule has 0 saturated heterocycles. The fraction of sp³-hybridized carbons (Fsp3) is 0.500. The van der Waals surface area contributed by atoms with Crippen LogP contribution in [-0.2, 0) is 6.42 Å². The molecule has 12 heavy (non-hydrogen) atoms. The van der Waals surface area contributed by atoms with E-state index in [1.165, 1.54) is 0 Å². The zero-order valence-electron chi connectivity index (χ0n) is 7.01. The highest BCUT2D eigenvalue weighted by atomic mass is 35.5. The molecule has 0 aliphatic rings. The maximum atomic E-state index is 5.84. The third-order valence-electron chi connectivity index (χ3n) is 1.41. The van der Waals surface area contributed by atoms with Crippen LogP contribution in [0.4, 0.5) is 0 Å². The second kappa shape index (κ2) is 4.06. The predicted octanol–water partition coefficient (Wildman–Crippen LogP) is 2.98. The van der Waals surface area contributed by atoms with E-state index in [9.17, 15) is 0 Å². The minimum Gasteiger partial charge on any atom is -0.226 e. The number of halogens is 2. The fourth-order valence-electron chi connectivity index (χ4n) is 0.943. The van der Waals surface area contributed by atoms with Crippen molar-refractivity contribution in [3.8, 4) is 0 Å². The third-order valence-corrected chi connectivity index (χ3v) is 1.92. The summed E-state index contributed by atoms with van der Waals surface area (Å²) in [7, 11) is 0. The van der Waals surface area contributed by atoms with Crippen molar-refractivity contribution in [3.05, 3.63) is 22.2 Å². The Hall–Kier alpha value is -0.340. The molecule has 0 aliphatic heterocycles. The van der Waals surface area contributed by atoms with Crippen LogP contribution in [0.3, 0.4) is 0 Å². The highest BCUT2D eigenvalue weighted by Crippen LogP contribution is 2.17. The number of hydrogen-bond donors (Lipinski definition) is 0. The molecule has 1 aromatic heterocycles. The lowest BCUT2D eigenvalue weighted by atomic mass is 10.1. The largest absolute Gasteiger partial charge is 0.226 e. The van der Waals surface area contributed by atoms with Gasteiger partial charge in [-0.05, 0) is 23.9 Å². The van der Waals surface area contributed by atoms with E-state index >= 15 is 0 Å². The molecule has 0 amide bonds. The van der Waals surface area contributed by atoms with Gasteiger partial charge < -0.3 is 0 Å². The van der Waals surface area contributed by atoms with Crippen LogP contribution in [0.2, 0.25) is 10.4 Å². The van der Waals surface area contributed by atoms with Gasteiger partial charge in [-0.3, -0.25) is 0 Å². The molecule has 0 aromatic carbocycles. The fourth-order valence-corrected chi connectivity index (χ4v) is 1.33. The topological polar surface area (TPSA) is 25.8 Å². The van der Waals surface area contributed by atoms with Crippen molar-refractivity contribution in [3.63, 3.8) is 0 Å². The Balaban J connectivity index is 2.86. The van der Waals surface area contributed by atoms with E-state index in [-0.39, 0.29) is 5.28 Å². The third kappa shape index (κ3) is 2.61. The van der Waals surface area contributed by atoms with Crippen LogP contribution >= 0.6 is 23.2 Å². The smallest absolute Gasteiger partial charge is 0.223 e. The quantitative estimate of drug-likeness (QED) is 0.547. The van der Waals surface area contributed by atoms with E-state index in [0.29, 0.717) is 11.1 Å². The molecule has 0 atom stereocenters. The van der Waals surface area contributed by atoms with Gasteiger partial charge in [0, 0.05) is 11.8 Å². The van der Waals surface area contributed by atoms with E-state index < -0.39 is 0 Å². The molecule has 4 heteroatoms. The van der Waals surface area contributed by atoms with Crippen LogP contribution in [0.15, 0.2) is 6.20 Å². The molecule has 1 heterocycles. The molecule has 1 aromatic rings. The number of nitrogens with zero attached hydrogens (tertiary/aromatic N) is 2. The minimum atomic E-state index is 0.201. The monoisotopic (exact) mass is 204 g/mol. The Kier molecular flexibility index (Phi) is 3.29. The van der Waals surface area contributed by atoms with Crippen LogP contribution in [0, 0.1) is 5.92 Å². The average Bonchev–Trinajstić information content (AvgIpc) is 1.94. The lowest BCUT2D eigenvalue weighted by Gasteiger charge is -2.05. The Morgan fingerprint density at radius 2 is 2.08 bits per heavy atom. The van der Waals surface area contributed by atoms with Gasteiger partial charge in [-0.15, -0.1) is 0 Å². The SMILES string of the molecule is CC(C)Cc1cnc(Cl)nc1Cl. The Bertz CT molecular complexity index is 274. The highest BCUT2D eigenvalue weighted by Gasteiger charge is 2.05. The standard InChI is InChI=1S/C8H10Cl2N2/c1-5(2)3-6-4-11-8(10)12-7(6)9/h4-5H,3H2,1-2H3. The predicted molar refractivity (Wildman–Crippen MR) is 50.6 cm³/mol. The lowest BCUT2D eigenvalue weighted by molar-refractivity contribution is 0.643. The Morgan fingerprint density at radius 3 is 2.58 bits per heavy atom. The van der Waals surface area contributed by atoms with E-state index in [1.807, 2.05) is 0 Å². The summed E-state index contributed by atoms with van der Waals surface area (Å²) in [6, 6.07) is 0. The summed E-state index contributed by atoms with van der Waals surface area (Å²) >= 11 is 11.4. The van der Waals surface area contributed by atoms with Crippen LogP contribution in [0.1, 0.15) is 19.4 Å². The number of rotatable bonds is 2. The summed E-state index contributed by atoms with van der Waals surface area (Å²) in [6.07, 6.45) is 2.56. The van der Waals surface area contributed by atoms with E-state index in [2.05, 4.69) is 23.8 Å². The summed E-state index contributed by atoms with van der Waals surface area (Å²) in [5.41, 5.74) is 0.955. The van der Waals surface area contributed by atoms with Gasteiger partial charge in [-0.2, -0.15) is 0 Å². The number of hydrogen-bond acceptors (Lipinski definition) is 2. The summed E-state index contributed by atoms with van der Waals surface area (Å²) in [4.78, 5) is 7.71. The zero-order chi connectivity index (χ0) is 9.14. The van der Waals surface area contributed by atoms with Crippen LogP contribution < -0.4 is 0 Å². The van der Waals surface area contributed by atoms with Gasteiger partial charge in [0.1, 0.15) is 5.15 Å². The van der Waals surface area contributed by atoms with E-state index in [0.717, 1.165) is 12.0 Å². The summed E-state index contributed by atoms with van der Waals surface area (Å²) in [5.74, 6) is 0.548. The van der Waals surface area contributed by atoms with Gasteiger partial charge in [-0.25, -0.2) is 9.97 Å². The second-order valence-corrected chi connectivity index (χ2v) is 3.75. The summed E-state index contributed by atoms with van der Waals surface area (Å²) in [5, 5.41) is 0.663. The molecule has 0 fully saturated rings. The first-order valence-electron chi connectivity index (χ1n) is 3.76. The van der Waals surface area contributed by atoms with Gasteiger partial charge in [0.05, 0.1) is 0 Å². The normalized spacial score (nSPS) is 10.8. The molecule has 1 rings (SSSR count). The van der Waals surface area contributed by atoms with Crippen molar-refractivity contribution >= 4 is 23.2 Å². The van der Waals surface area contributed by atoms with Gasteiger partial charge in [0.2, 0.25) is 5.28 Å². The van der Waals surface area contributed by atoms with Crippen LogP contribution in [0.25, 0.3) is 0 Å². The van der Waals surface area contributed by atoms with Crippen molar-refractivity contribution in [2.45, 2.75) is 20.3 Å². The zero-order valence-corrected chi connectivity index (χ0v) is 8.52. The number of aromatic nitrogens is 2. The van der Waals surface area contributed by atoms with Crippen LogP contribution in [-0.4, -0.2) is 9.97 Å². The Morgan fingerprint density at radius 1 is 1.42 bits per heavy atom. The summed E-state index contributed by atoms with van der Waals surface area (Å²) < 4.78 is 0. The van der Waals surface area contributed by atoms with Crippen molar-refractivity contribution in [2.24, 2.45) is 5.92 Å². The molecule has 0 spiro atoms. The van der Waals surface area contributed by atoms with Crippen molar-refractivity contribution in [1.29, 1.82) is 0 Å². The first-order valence-corrected chi connectivity index (χ1v) is 4.52. The van der Waals surface area contributed by atoms with E-state index in [4.69, 9.17) is 23.2 Å². The second-order valence-electron chi connectivity index (χ2n) is 3.05. The first-order chi connectivity index (χ1) is 5.59. The van der Waals surface area contributed by atoms with Gasteiger partial charge in [0.15, 0.2) is 0 Å². The first kappa shape index (κ1) is 9.75. The maximum Gasteiger partial charge on any atom is 0.223 e. The van der Waals surface area contributed by atoms with Gasteiger partial charge in [-0.1, -0.05) is 25.4 Å². The van der Waals surface area contributed by atoms with Crippen molar-refractivity contribution < 1.29 is 0 Å². The molecule has 0 N–H and O–H groups in total. The molecule has 0 aliphatic carbocycles.